The molecule has 2 nitrogen and oxygen atoms in total. The highest BCUT2D eigenvalue weighted by Crippen LogP contribution is 2.22. The van der Waals surface area contributed by atoms with Gasteiger partial charge in [0.1, 0.15) is 5.82 Å². The lowest BCUT2D eigenvalue weighted by atomic mass is 9.99. The van der Waals surface area contributed by atoms with E-state index in [1.54, 1.807) is 18.3 Å². The molecular weight excluding hydrogens is 263 g/mol. The number of benzene rings is 1. The van der Waals surface area contributed by atoms with Gasteiger partial charge in [0.05, 0.1) is 0 Å². The summed E-state index contributed by atoms with van der Waals surface area (Å²) >= 11 is 5.76. The fourth-order valence-corrected chi connectivity index (χ4v) is 2.24. The maximum Gasteiger partial charge on any atom is 0.127 e. The molecule has 0 saturated heterocycles. The zero-order chi connectivity index (χ0) is 13.8. The number of hydrogen-bond acceptors (Lipinski definition) is 2. The largest absolute Gasteiger partial charge is 0.313 e. The zero-order valence-corrected chi connectivity index (χ0v) is 11.7. The lowest BCUT2D eigenvalue weighted by Crippen LogP contribution is -2.19. The summed E-state index contributed by atoms with van der Waals surface area (Å²) in [6.45, 7) is 1.94. The summed E-state index contributed by atoms with van der Waals surface area (Å²) in [5.41, 5.74) is 2.71. The summed E-state index contributed by atoms with van der Waals surface area (Å²) in [5, 5.41) is 3.63. The third-order valence-electron chi connectivity index (χ3n) is 3.11. The molecule has 0 amide bonds. The Morgan fingerprint density at radius 1 is 1.32 bits per heavy atom. The van der Waals surface area contributed by atoms with Crippen LogP contribution in [0.3, 0.4) is 0 Å². The predicted octanol–water partition coefficient (Wildman–Crippen LogP) is 3.69. The first-order chi connectivity index (χ1) is 9.10. The van der Waals surface area contributed by atoms with Crippen molar-refractivity contribution in [1.29, 1.82) is 0 Å². The van der Waals surface area contributed by atoms with Crippen LogP contribution < -0.4 is 5.32 Å². The highest BCUT2D eigenvalue weighted by atomic mass is 35.5. The Morgan fingerprint density at radius 3 is 2.74 bits per heavy atom. The van der Waals surface area contributed by atoms with Crippen molar-refractivity contribution >= 4 is 11.6 Å². The molecule has 0 fully saturated rings. The normalized spacial score (nSPS) is 12.4. The molecule has 1 aromatic heterocycles. The molecule has 1 unspecified atom stereocenters. The van der Waals surface area contributed by atoms with Crippen LogP contribution in [0.2, 0.25) is 5.02 Å². The van der Waals surface area contributed by atoms with Crippen molar-refractivity contribution in [1.82, 2.24) is 10.3 Å². The van der Waals surface area contributed by atoms with Gasteiger partial charge in [0, 0.05) is 23.0 Å². The molecule has 0 aliphatic heterocycles. The van der Waals surface area contributed by atoms with Crippen LogP contribution >= 0.6 is 11.6 Å². The Kier molecular flexibility index (Phi) is 4.51. The summed E-state index contributed by atoms with van der Waals surface area (Å²) in [6, 6.07) is 8.80. The number of nitrogens with zero attached hydrogens (tertiary/aromatic N) is 1. The van der Waals surface area contributed by atoms with Crippen LogP contribution in [-0.2, 0) is 6.42 Å². The molecule has 0 saturated carbocycles. The minimum Gasteiger partial charge on any atom is -0.313 e. The molecule has 2 rings (SSSR count). The third kappa shape index (κ3) is 3.52. The first-order valence-corrected chi connectivity index (χ1v) is 6.51. The SMILES string of the molecule is CNC(Cc1ccc(Cl)cc1F)c1ccnc(C)c1. The lowest BCUT2D eigenvalue weighted by Gasteiger charge is -2.17. The van der Waals surface area contributed by atoms with Gasteiger partial charge in [-0.2, -0.15) is 0 Å². The molecule has 1 N–H and O–H groups in total. The standard InChI is InChI=1S/C15H16ClFN2/c1-10-7-12(5-6-19-10)15(18-2)8-11-3-4-13(16)9-14(11)17/h3-7,9,15,18H,8H2,1-2H3. The van der Waals surface area contributed by atoms with E-state index in [0.29, 0.717) is 17.0 Å². The van der Waals surface area contributed by atoms with Crippen LogP contribution in [0.15, 0.2) is 36.5 Å². The Labute approximate surface area is 117 Å². The van der Waals surface area contributed by atoms with E-state index in [0.717, 1.165) is 11.3 Å². The molecule has 4 heteroatoms. The Bertz CT molecular complexity index is 572. The van der Waals surface area contributed by atoms with Crippen LogP contribution in [-0.4, -0.2) is 12.0 Å². The second-order valence-electron chi connectivity index (χ2n) is 4.51. The Balaban J connectivity index is 2.24. The first kappa shape index (κ1) is 14.0. The summed E-state index contributed by atoms with van der Waals surface area (Å²) in [4.78, 5) is 4.17. The molecule has 1 aromatic carbocycles. The molecule has 2 aromatic rings. The van der Waals surface area contributed by atoms with E-state index < -0.39 is 0 Å². The van der Waals surface area contributed by atoms with Gasteiger partial charge in [-0.05, 0) is 55.8 Å². The fraction of sp³-hybridized carbons (Fsp3) is 0.267. The van der Waals surface area contributed by atoms with E-state index in [-0.39, 0.29) is 11.9 Å². The monoisotopic (exact) mass is 278 g/mol. The Morgan fingerprint density at radius 2 is 2.11 bits per heavy atom. The van der Waals surface area contributed by atoms with E-state index in [4.69, 9.17) is 11.6 Å². The predicted molar refractivity (Wildman–Crippen MR) is 75.9 cm³/mol. The van der Waals surface area contributed by atoms with Crippen LogP contribution in [0.4, 0.5) is 4.39 Å². The number of nitrogens with one attached hydrogen (secondary N) is 1. The molecule has 19 heavy (non-hydrogen) atoms. The van der Waals surface area contributed by atoms with Crippen molar-refractivity contribution in [2.24, 2.45) is 0 Å². The number of halogens is 2. The van der Waals surface area contributed by atoms with Crippen LogP contribution in [0.25, 0.3) is 0 Å². The highest BCUT2D eigenvalue weighted by Gasteiger charge is 2.13. The average Bonchev–Trinajstić information content (AvgIpc) is 2.38. The minimum absolute atomic E-state index is 0.0531. The minimum atomic E-state index is -0.265. The molecular formula is C15H16ClFN2. The smallest absolute Gasteiger partial charge is 0.127 e. The van der Waals surface area contributed by atoms with Gasteiger partial charge >= 0.3 is 0 Å². The lowest BCUT2D eigenvalue weighted by molar-refractivity contribution is 0.554. The molecule has 100 valence electrons. The second-order valence-corrected chi connectivity index (χ2v) is 4.95. The second kappa shape index (κ2) is 6.13. The molecule has 0 radical (unpaired) electrons. The number of pyridine rings is 1. The van der Waals surface area contributed by atoms with E-state index >= 15 is 0 Å². The topological polar surface area (TPSA) is 24.9 Å². The fourth-order valence-electron chi connectivity index (χ4n) is 2.08. The van der Waals surface area contributed by atoms with Crippen LogP contribution in [0.1, 0.15) is 22.9 Å². The molecule has 1 atom stereocenters. The van der Waals surface area contributed by atoms with Gasteiger partial charge in [0.25, 0.3) is 0 Å². The number of likely N-dealkylation sites (N-methyl/N-ethyl adjacent to an activating group) is 1. The van der Waals surface area contributed by atoms with E-state index in [9.17, 15) is 4.39 Å². The van der Waals surface area contributed by atoms with Crippen molar-refractivity contribution in [3.8, 4) is 0 Å². The van der Waals surface area contributed by atoms with Gasteiger partial charge in [0.15, 0.2) is 0 Å². The summed E-state index contributed by atoms with van der Waals surface area (Å²) in [6.07, 6.45) is 2.34. The van der Waals surface area contributed by atoms with Gasteiger partial charge in [-0.3, -0.25) is 4.98 Å². The van der Waals surface area contributed by atoms with E-state index in [2.05, 4.69) is 10.3 Å². The first-order valence-electron chi connectivity index (χ1n) is 6.14. The van der Waals surface area contributed by atoms with Gasteiger partial charge in [-0.25, -0.2) is 4.39 Å². The number of hydrogen-bond donors (Lipinski definition) is 1. The van der Waals surface area contributed by atoms with Crippen molar-refractivity contribution in [2.75, 3.05) is 7.05 Å². The molecule has 0 spiro atoms. The Hall–Kier alpha value is -1.45. The van der Waals surface area contributed by atoms with Crippen molar-refractivity contribution in [3.63, 3.8) is 0 Å². The van der Waals surface area contributed by atoms with Crippen LogP contribution in [0, 0.1) is 12.7 Å². The summed E-state index contributed by atoms with van der Waals surface area (Å²) < 4.78 is 13.8. The third-order valence-corrected chi connectivity index (χ3v) is 3.35. The number of aryl methyl sites for hydroxylation is 1. The highest BCUT2D eigenvalue weighted by molar-refractivity contribution is 6.30. The summed E-state index contributed by atoms with van der Waals surface area (Å²) in [5.74, 6) is -0.265. The van der Waals surface area contributed by atoms with E-state index in [1.165, 1.54) is 6.07 Å². The maximum atomic E-state index is 13.8. The van der Waals surface area contributed by atoms with Gasteiger partial charge in [-0.1, -0.05) is 17.7 Å². The van der Waals surface area contributed by atoms with Gasteiger partial charge in [-0.15, -0.1) is 0 Å². The molecule has 0 aliphatic rings. The van der Waals surface area contributed by atoms with Crippen LogP contribution in [0.5, 0.6) is 0 Å². The molecule has 0 bridgehead atoms. The van der Waals surface area contributed by atoms with Gasteiger partial charge in [0.2, 0.25) is 0 Å². The average molecular weight is 279 g/mol. The van der Waals surface area contributed by atoms with Crippen molar-refractivity contribution in [3.05, 3.63) is 64.2 Å². The van der Waals surface area contributed by atoms with Crippen molar-refractivity contribution in [2.45, 2.75) is 19.4 Å². The van der Waals surface area contributed by atoms with Gasteiger partial charge < -0.3 is 5.32 Å². The molecule has 1 heterocycles. The number of aromatic nitrogens is 1. The maximum absolute atomic E-state index is 13.8. The quantitative estimate of drug-likeness (QED) is 0.923. The molecule has 0 aliphatic carbocycles. The van der Waals surface area contributed by atoms with E-state index in [1.807, 2.05) is 26.1 Å². The van der Waals surface area contributed by atoms with Crippen molar-refractivity contribution < 1.29 is 4.39 Å². The number of rotatable bonds is 4. The zero-order valence-electron chi connectivity index (χ0n) is 11.0. The summed E-state index contributed by atoms with van der Waals surface area (Å²) in [7, 11) is 1.87.